The van der Waals surface area contributed by atoms with Crippen molar-refractivity contribution in [2.75, 3.05) is 6.07 Å². The largest absolute Gasteiger partial charge is 0.448 e. The molecule has 2 saturated heterocycles. The van der Waals surface area contributed by atoms with Crippen LogP contribution in [-0.4, -0.2) is 56.9 Å². The predicted molar refractivity (Wildman–Crippen MR) is 114 cm³/mol. The third-order valence-corrected chi connectivity index (χ3v) is 6.71. The van der Waals surface area contributed by atoms with Gasteiger partial charge in [-0.05, 0) is 37.1 Å². The van der Waals surface area contributed by atoms with Crippen LogP contribution in [0.25, 0.3) is 10.4 Å². The highest BCUT2D eigenvalue weighted by molar-refractivity contribution is 8.01. The van der Waals surface area contributed by atoms with Crippen LogP contribution in [0.3, 0.4) is 0 Å². The van der Waals surface area contributed by atoms with Gasteiger partial charge < -0.3 is 19.7 Å². The topological polar surface area (TPSA) is 151 Å². The number of halogens is 1. The number of hydrogen-bond donors (Lipinski definition) is 1. The lowest BCUT2D eigenvalue weighted by molar-refractivity contribution is -0.163. The second-order valence-corrected chi connectivity index (χ2v) is 9.58. The lowest BCUT2D eigenvalue weighted by Crippen LogP contribution is -2.71. The van der Waals surface area contributed by atoms with Gasteiger partial charge >= 0.3 is 11.9 Å². The molecule has 1 aromatic carbocycles. The van der Waals surface area contributed by atoms with Gasteiger partial charge in [0.25, 0.3) is 0 Å². The average molecular weight is 482 g/mol. The zero-order chi connectivity index (χ0) is 23.6. The lowest BCUT2D eigenvalue weighted by Gasteiger charge is -2.44. The minimum Gasteiger partial charge on any atom is -0.448 e. The monoisotopic (exact) mass is 481 g/mol. The molecule has 0 radical (unpaired) electrons. The number of azide groups is 1. The van der Waals surface area contributed by atoms with E-state index in [4.69, 9.17) is 26.6 Å². The van der Waals surface area contributed by atoms with Crippen molar-refractivity contribution in [1.29, 1.82) is 0 Å². The number of hydrogen-bond acceptors (Lipinski definition) is 8. The van der Waals surface area contributed by atoms with Gasteiger partial charge in [0.1, 0.15) is 29.2 Å². The van der Waals surface area contributed by atoms with E-state index in [9.17, 15) is 19.2 Å². The van der Waals surface area contributed by atoms with E-state index < -0.39 is 52.0 Å². The van der Waals surface area contributed by atoms with Crippen LogP contribution in [0.1, 0.15) is 32.4 Å². The van der Waals surface area contributed by atoms with Gasteiger partial charge in [-0.25, -0.2) is 4.79 Å². The van der Waals surface area contributed by atoms with Gasteiger partial charge in [0, 0.05) is 16.6 Å². The van der Waals surface area contributed by atoms with Crippen LogP contribution in [0.2, 0.25) is 0 Å². The number of benzene rings is 1. The molecule has 32 heavy (non-hydrogen) atoms. The number of carbonyl (C=O) groups is 4. The molecule has 11 nitrogen and oxygen atoms in total. The van der Waals surface area contributed by atoms with Crippen LogP contribution in [0, 0.1) is 0 Å². The fourth-order valence-corrected chi connectivity index (χ4v) is 5.43. The first-order chi connectivity index (χ1) is 15.1. The number of amides is 2. The molecule has 3 rings (SSSR count). The highest BCUT2D eigenvalue weighted by Gasteiger charge is 2.64. The second kappa shape index (κ2) is 9.27. The van der Waals surface area contributed by atoms with Crippen LogP contribution in [0.5, 0.6) is 5.75 Å². The lowest BCUT2D eigenvalue weighted by atomic mass is 9.95. The standard InChI is InChI=1S/C19H20ClN5O6S/c1-9(26)31-11-6-4-10(5-7-11)12(23-24-21)15(27)22-13-16(28)25-14(18(29)30-8-20)19(2,3)32-17(13)25/h4-7,12-14,17H,8H2,1-3H3,(H,22,27)/t12?,13-,14+,17-/m1/s1. The Balaban J connectivity index is 1.74. The van der Waals surface area contributed by atoms with Crippen molar-refractivity contribution >= 4 is 47.1 Å². The van der Waals surface area contributed by atoms with Crippen molar-refractivity contribution in [2.24, 2.45) is 5.11 Å². The van der Waals surface area contributed by atoms with E-state index in [2.05, 4.69) is 15.3 Å². The molecule has 0 aromatic heterocycles. The first kappa shape index (κ1) is 23.7. The molecule has 2 amide bonds. The van der Waals surface area contributed by atoms with Crippen LogP contribution < -0.4 is 10.1 Å². The molecule has 0 saturated carbocycles. The molecule has 1 N–H and O–H groups in total. The minimum absolute atomic E-state index is 0.269. The van der Waals surface area contributed by atoms with Gasteiger partial charge in [-0.15, -0.1) is 11.8 Å². The highest BCUT2D eigenvalue weighted by Crippen LogP contribution is 2.51. The SMILES string of the molecule is CC(=O)Oc1ccc(C(N=[N+]=[N-])C(=O)N[C@@H]2C(=O)N3[C@@H]2SC(C)(C)[C@@H]3C(=O)OCCl)cc1. The Morgan fingerprint density at radius 1 is 1.34 bits per heavy atom. The van der Waals surface area contributed by atoms with Crippen LogP contribution in [0.4, 0.5) is 0 Å². The maximum absolute atomic E-state index is 12.9. The summed E-state index contributed by atoms with van der Waals surface area (Å²) >= 11 is 6.84. The van der Waals surface area contributed by atoms with E-state index in [1.807, 2.05) is 0 Å². The smallest absolute Gasteiger partial charge is 0.331 e. The predicted octanol–water partition coefficient (Wildman–Crippen LogP) is 2.25. The van der Waals surface area contributed by atoms with E-state index in [0.717, 1.165) is 0 Å². The zero-order valence-corrected chi connectivity index (χ0v) is 18.9. The van der Waals surface area contributed by atoms with Gasteiger partial charge in [-0.1, -0.05) is 28.8 Å². The third-order valence-electron chi connectivity index (χ3n) is 5.03. The van der Waals surface area contributed by atoms with E-state index >= 15 is 0 Å². The van der Waals surface area contributed by atoms with Gasteiger partial charge in [0.15, 0.2) is 6.07 Å². The Morgan fingerprint density at radius 3 is 2.56 bits per heavy atom. The summed E-state index contributed by atoms with van der Waals surface area (Å²) < 4.78 is 9.18. The molecule has 2 heterocycles. The molecular formula is C19H20ClN5O6S. The quantitative estimate of drug-likeness (QED) is 0.119. The molecule has 0 spiro atoms. The molecular weight excluding hydrogens is 462 g/mol. The molecule has 2 fully saturated rings. The number of alkyl halides is 1. The zero-order valence-electron chi connectivity index (χ0n) is 17.4. The number of nitrogens with zero attached hydrogens (tertiary/aromatic N) is 4. The molecule has 13 heteroatoms. The molecule has 4 atom stereocenters. The van der Waals surface area contributed by atoms with Crippen molar-refractivity contribution < 1.29 is 28.7 Å². The molecule has 0 aliphatic carbocycles. The van der Waals surface area contributed by atoms with Gasteiger partial charge in [-0.2, -0.15) is 0 Å². The normalized spacial score (nSPS) is 23.8. The second-order valence-electron chi connectivity index (χ2n) is 7.59. The Labute approximate surface area is 192 Å². The summed E-state index contributed by atoms with van der Waals surface area (Å²) in [6, 6.07) is 2.59. The fraction of sp³-hybridized carbons (Fsp3) is 0.474. The summed E-state index contributed by atoms with van der Waals surface area (Å²) in [5, 5.41) is 5.68. The van der Waals surface area contributed by atoms with Crippen LogP contribution in [-0.2, 0) is 23.9 Å². The number of ether oxygens (including phenoxy) is 2. The van der Waals surface area contributed by atoms with E-state index in [-0.39, 0.29) is 11.8 Å². The first-order valence-electron chi connectivity index (χ1n) is 9.46. The number of thioether (sulfide) groups is 1. The highest BCUT2D eigenvalue weighted by atomic mass is 35.5. The Bertz CT molecular complexity index is 996. The summed E-state index contributed by atoms with van der Waals surface area (Å²) in [5.74, 6) is -1.96. The van der Waals surface area contributed by atoms with E-state index in [1.165, 1.54) is 47.9 Å². The van der Waals surface area contributed by atoms with Gasteiger partial charge in [-0.3, -0.25) is 14.4 Å². The molecule has 1 unspecified atom stereocenters. The average Bonchev–Trinajstić information content (AvgIpc) is 2.98. The summed E-state index contributed by atoms with van der Waals surface area (Å²) in [7, 11) is 0. The van der Waals surface area contributed by atoms with Crippen LogP contribution >= 0.6 is 23.4 Å². The van der Waals surface area contributed by atoms with Crippen molar-refractivity contribution in [3.63, 3.8) is 0 Å². The first-order valence-corrected chi connectivity index (χ1v) is 10.9. The molecule has 2 aliphatic rings. The molecule has 1 aromatic rings. The maximum atomic E-state index is 12.9. The van der Waals surface area contributed by atoms with Crippen molar-refractivity contribution in [1.82, 2.24) is 10.2 Å². The van der Waals surface area contributed by atoms with Crippen LogP contribution in [0.15, 0.2) is 29.4 Å². The van der Waals surface area contributed by atoms with Gasteiger partial charge in [0.05, 0.1) is 0 Å². The maximum Gasteiger partial charge on any atom is 0.331 e. The number of fused-ring (bicyclic) bond motifs is 1. The Kier molecular flexibility index (Phi) is 6.87. The van der Waals surface area contributed by atoms with Crippen molar-refractivity contribution in [3.05, 3.63) is 40.3 Å². The minimum atomic E-state index is -1.25. The fourth-order valence-electron chi connectivity index (χ4n) is 3.70. The molecule has 170 valence electrons. The molecule has 0 bridgehead atoms. The molecule has 2 aliphatic heterocycles. The van der Waals surface area contributed by atoms with Gasteiger partial charge in [0.2, 0.25) is 11.8 Å². The number of esters is 2. The number of rotatable bonds is 7. The van der Waals surface area contributed by atoms with Crippen molar-refractivity contribution in [2.45, 2.75) is 49.0 Å². The summed E-state index contributed by atoms with van der Waals surface area (Å²) in [6.07, 6.45) is 0. The Morgan fingerprint density at radius 2 is 2.00 bits per heavy atom. The van der Waals surface area contributed by atoms with E-state index in [0.29, 0.717) is 5.56 Å². The number of nitrogens with one attached hydrogen (secondary N) is 1. The summed E-state index contributed by atoms with van der Waals surface area (Å²) in [6.45, 7) is 4.86. The summed E-state index contributed by atoms with van der Waals surface area (Å²) in [4.78, 5) is 53.1. The number of β-lactam (4-membered cyclic amide) rings is 1. The van der Waals surface area contributed by atoms with Crippen molar-refractivity contribution in [3.8, 4) is 5.75 Å². The Hall–Kier alpha value is -2.95. The van der Waals surface area contributed by atoms with E-state index in [1.54, 1.807) is 13.8 Å². The summed E-state index contributed by atoms with van der Waals surface area (Å²) in [5.41, 5.74) is 9.26. The third kappa shape index (κ3) is 4.47. The number of carbonyl (C=O) groups excluding carboxylic acids is 4.